The lowest BCUT2D eigenvalue weighted by Crippen LogP contribution is -2.24. The highest BCUT2D eigenvalue weighted by Gasteiger charge is 2.08. The summed E-state index contributed by atoms with van der Waals surface area (Å²) in [6, 6.07) is 6.60. The summed E-state index contributed by atoms with van der Waals surface area (Å²) in [6.07, 6.45) is 8.16. The van der Waals surface area contributed by atoms with E-state index >= 15 is 0 Å². The minimum Gasteiger partial charge on any atom is -0.507 e. The number of aromatic hydroxyl groups is 1. The average Bonchev–Trinajstić information content (AvgIpc) is 2.46. The molecule has 4 heteroatoms. The zero-order valence-corrected chi connectivity index (χ0v) is 12.1. The van der Waals surface area contributed by atoms with Crippen molar-refractivity contribution >= 4 is 5.91 Å². The van der Waals surface area contributed by atoms with Crippen LogP contribution in [0.25, 0.3) is 0 Å². The van der Waals surface area contributed by atoms with Crippen LogP contribution in [-0.4, -0.2) is 24.1 Å². The highest BCUT2D eigenvalue weighted by Crippen LogP contribution is 2.15. The van der Waals surface area contributed by atoms with Crippen molar-refractivity contribution in [1.29, 1.82) is 0 Å². The van der Waals surface area contributed by atoms with Gasteiger partial charge in [-0.2, -0.15) is 0 Å². The van der Waals surface area contributed by atoms with Gasteiger partial charge in [0.1, 0.15) is 5.75 Å². The molecule has 0 saturated carbocycles. The Hall–Kier alpha value is -1.55. The van der Waals surface area contributed by atoms with Gasteiger partial charge in [-0.05, 0) is 31.5 Å². The maximum atomic E-state index is 11.8. The molecule has 0 saturated heterocycles. The lowest BCUT2D eigenvalue weighted by atomic mass is 10.1. The summed E-state index contributed by atoms with van der Waals surface area (Å²) in [6.45, 7) is 1.45. The van der Waals surface area contributed by atoms with E-state index in [9.17, 15) is 9.90 Å². The number of carbonyl (C=O) groups excluding carboxylic acids is 1. The standard InChI is InChI=1S/C16H26N2O2/c17-12-8-4-2-1-3-5-9-13-18-16(20)14-10-6-7-11-15(14)19/h6-7,10-11,19H,1-5,8-9,12-13,17H2,(H,18,20). The Morgan fingerprint density at radius 2 is 1.60 bits per heavy atom. The molecule has 1 rings (SSSR count). The number of amides is 1. The van der Waals surface area contributed by atoms with Gasteiger partial charge in [-0.25, -0.2) is 0 Å². The molecular weight excluding hydrogens is 252 g/mol. The second-order valence-corrected chi connectivity index (χ2v) is 5.04. The first-order valence-electron chi connectivity index (χ1n) is 7.52. The quantitative estimate of drug-likeness (QED) is 0.576. The van der Waals surface area contributed by atoms with Gasteiger partial charge < -0.3 is 16.2 Å². The predicted molar refractivity (Wildman–Crippen MR) is 81.8 cm³/mol. The Morgan fingerprint density at radius 3 is 2.25 bits per heavy atom. The SMILES string of the molecule is NCCCCCCCCCNC(=O)c1ccccc1O. The summed E-state index contributed by atoms with van der Waals surface area (Å²) < 4.78 is 0. The van der Waals surface area contributed by atoms with Gasteiger partial charge in [-0.1, -0.05) is 44.2 Å². The molecule has 1 aromatic rings. The Labute approximate surface area is 121 Å². The number of nitrogens with one attached hydrogen (secondary N) is 1. The van der Waals surface area contributed by atoms with Gasteiger partial charge in [0, 0.05) is 6.54 Å². The first-order valence-corrected chi connectivity index (χ1v) is 7.52. The van der Waals surface area contributed by atoms with Crippen molar-refractivity contribution in [2.75, 3.05) is 13.1 Å². The molecule has 0 aromatic heterocycles. The summed E-state index contributed by atoms with van der Waals surface area (Å²) in [7, 11) is 0. The van der Waals surface area contributed by atoms with Crippen molar-refractivity contribution in [3.05, 3.63) is 29.8 Å². The van der Waals surface area contributed by atoms with Crippen LogP contribution in [0.3, 0.4) is 0 Å². The molecule has 4 N–H and O–H groups in total. The van der Waals surface area contributed by atoms with E-state index in [-0.39, 0.29) is 11.7 Å². The number of para-hydroxylation sites is 1. The van der Waals surface area contributed by atoms with Crippen LogP contribution >= 0.6 is 0 Å². The monoisotopic (exact) mass is 278 g/mol. The van der Waals surface area contributed by atoms with Crippen LogP contribution in [0.2, 0.25) is 0 Å². The fourth-order valence-corrected chi connectivity index (χ4v) is 2.12. The van der Waals surface area contributed by atoms with Crippen molar-refractivity contribution < 1.29 is 9.90 Å². The molecule has 0 fully saturated rings. The van der Waals surface area contributed by atoms with E-state index < -0.39 is 0 Å². The fraction of sp³-hybridized carbons (Fsp3) is 0.562. The number of phenols is 1. The van der Waals surface area contributed by atoms with E-state index in [1.807, 2.05) is 0 Å². The number of phenolic OH excluding ortho intramolecular Hbond substituents is 1. The first kappa shape index (κ1) is 16.5. The number of hydrogen-bond acceptors (Lipinski definition) is 3. The van der Waals surface area contributed by atoms with Crippen LogP contribution in [-0.2, 0) is 0 Å². The van der Waals surface area contributed by atoms with Crippen LogP contribution in [0.15, 0.2) is 24.3 Å². The molecule has 0 aliphatic rings. The van der Waals surface area contributed by atoms with Crippen LogP contribution in [0.4, 0.5) is 0 Å². The van der Waals surface area contributed by atoms with Crippen LogP contribution in [0, 0.1) is 0 Å². The summed E-state index contributed by atoms with van der Waals surface area (Å²) in [5.41, 5.74) is 5.78. The Balaban J connectivity index is 2.04. The van der Waals surface area contributed by atoms with E-state index in [1.54, 1.807) is 18.2 Å². The molecule has 20 heavy (non-hydrogen) atoms. The van der Waals surface area contributed by atoms with Crippen LogP contribution in [0.5, 0.6) is 5.75 Å². The molecule has 4 nitrogen and oxygen atoms in total. The third-order valence-electron chi connectivity index (χ3n) is 3.32. The molecule has 1 aromatic carbocycles. The van der Waals surface area contributed by atoms with Gasteiger partial charge in [0.05, 0.1) is 5.56 Å². The Kier molecular flexibility index (Phi) is 8.47. The minimum absolute atomic E-state index is 0.0323. The van der Waals surface area contributed by atoms with Gasteiger partial charge in [0.25, 0.3) is 5.91 Å². The first-order chi connectivity index (χ1) is 9.75. The van der Waals surface area contributed by atoms with Crippen molar-refractivity contribution in [3.63, 3.8) is 0 Å². The topological polar surface area (TPSA) is 75.3 Å². The van der Waals surface area contributed by atoms with E-state index in [1.165, 1.54) is 31.7 Å². The number of nitrogens with two attached hydrogens (primary N) is 1. The van der Waals surface area contributed by atoms with Crippen LogP contribution in [0.1, 0.15) is 55.3 Å². The molecule has 0 heterocycles. The van der Waals surface area contributed by atoms with Crippen molar-refractivity contribution in [3.8, 4) is 5.75 Å². The Bertz CT molecular complexity index is 394. The number of unbranched alkanes of at least 4 members (excludes halogenated alkanes) is 6. The minimum atomic E-state index is -0.203. The van der Waals surface area contributed by atoms with E-state index in [0.29, 0.717) is 12.1 Å². The van der Waals surface area contributed by atoms with Crippen LogP contribution < -0.4 is 11.1 Å². The lowest BCUT2D eigenvalue weighted by Gasteiger charge is -2.06. The second-order valence-electron chi connectivity index (χ2n) is 5.04. The maximum Gasteiger partial charge on any atom is 0.255 e. The van der Waals surface area contributed by atoms with E-state index in [0.717, 1.165) is 25.8 Å². The zero-order chi connectivity index (χ0) is 14.6. The van der Waals surface area contributed by atoms with Gasteiger partial charge in [0.2, 0.25) is 0 Å². The summed E-state index contributed by atoms with van der Waals surface area (Å²) in [5.74, 6) is -0.170. The molecular formula is C16H26N2O2. The van der Waals surface area contributed by atoms with E-state index in [2.05, 4.69) is 5.32 Å². The molecule has 1 amide bonds. The largest absolute Gasteiger partial charge is 0.507 e. The summed E-state index contributed by atoms with van der Waals surface area (Å²) >= 11 is 0. The number of carbonyl (C=O) groups is 1. The van der Waals surface area contributed by atoms with Crippen molar-refractivity contribution in [2.24, 2.45) is 5.73 Å². The van der Waals surface area contributed by atoms with Crippen molar-refractivity contribution in [1.82, 2.24) is 5.32 Å². The second kappa shape index (κ2) is 10.3. The van der Waals surface area contributed by atoms with Gasteiger partial charge >= 0.3 is 0 Å². The maximum absolute atomic E-state index is 11.8. The molecule has 0 aliphatic carbocycles. The fourth-order valence-electron chi connectivity index (χ4n) is 2.12. The van der Waals surface area contributed by atoms with Gasteiger partial charge in [0.15, 0.2) is 0 Å². The smallest absolute Gasteiger partial charge is 0.255 e. The molecule has 0 atom stereocenters. The summed E-state index contributed by atoms with van der Waals surface area (Å²) in [4.78, 5) is 11.8. The normalized spacial score (nSPS) is 10.4. The lowest BCUT2D eigenvalue weighted by molar-refractivity contribution is 0.0950. The molecule has 0 radical (unpaired) electrons. The third kappa shape index (κ3) is 6.57. The van der Waals surface area contributed by atoms with Crippen molar-refractivity contribution in [2.45, 2.75) is 44.9 Å². The molecule has 0 unspecified atom stereocenters. The molecule has 112 valence electrons. The zero-order valence-electron chi connectivity index (χ0n) is 12.1. The average molecular weight is 278 g/mol. The Morgan fingerprint density at radius 1 is 1.00 bits per heavy atom. The molecule has 0 spiro atoms. The highest BCUT2D eigenvalue weighted by molar-refractivity contribution is 5.96. The van der Waals surface area contributed by atoms with E-state index in [4.69, 9.17) is 5.73 Å². The third-order valence-corrected chi connectivity index (χ3v) is 3.32. The highest BCUT2D eigenvalue weighted by atomic mass is 16.3. The number of benzene rings is 1. The van der Waals surface area contributed by atoms with Gasteiger partial charge in [-0.3, -0.25) is 4.79 Å². The number of hydrogen-bond donors (Lipinski definition) is 3. The van der Waals surface area contributed by atoms with Gasteiger partial charge in [-0.15, -0.1) is 0 Å². The molecule has 0 aliphatic heterocycles. The summed E-state index contributed by atoms with van der Waals surface area (Å²) in [5, 5.41) is 12.4. The number of rotatable bonds is 10. The molecule has 0 bridgehead atoms. The predicted octanol–water partition coefficient (Wildman–Crippen LogP) is 2.81.